The normalized spacial score (nSPS) is 53.9. The van der Waals surface area contributed by atoms with Crippen LogP contribution in [0.1, 0.15) is 47.0 Å². The van der Waals surface area contributed by atoms with Crippen molar-refractivity contribution in [3.63, 3.8) is 0 Å². The molecular formula is C15H24O. The minimum atomic E-state index is -0.651. The van der Waals surface area contributed by atoms with E-state index in [0.717, 1.165) is 24.2 Å². The van der Waals surface area contributed by atoms with Crippen LogP contribution in [0.5, 0.6) is 0 Å². The van der Waals surface area contributed by atoms with Crippen LogP contribution in [0, 0.1) is 28.6 Å². The van der Waals surface area contributed by atoms with E-state index in [1.54, 1.807) is 0 Å². The average Bonchev–Trinajstić information content (AvgIpc) is 2.51. The van der Waals surface area contributed by atoms with Gasteiger partial charge in [-0.25, -0.2) is 0 Å². The number of aliphatic hydroxyl groups is 1. The molecular weight excluding hydrogens is 196 g/mol. The second-order valence-corrected chi connectivity index (χ2v) is 7.34. The maximum absolute atomic E-state index is 9.71. The van der Waals surface area contributed by atoms with Crippen molar-refractivity contribution in [2.24, 2.45) is 28.6 Å². The predicted octanol–water partition coefficient (Wildman–Crippen LogP) is 3.39. The Morgan fingerprint density at radius 2 is 1.81 bits per heavy atom. The van der Waals surface area contributed by atoms with Crippen LogP contribution in [-0.2, 0) is 0 Å². The third-order valence-electron chi connectivity index (χ3n) is 6.19. The lowest BCUT2D eigenvalue weighted by atomic mass is 9.71. The van der Waals surface area contributed by atoms with E-state index in [4.69, 9.17) is 0 Å². The zero-order chi connectivity index (χ0) is 11.8. The van der Waals surface area contributed by atoms with Crippen LogP contribution in [0.4, 0.5) is 0 Å². The van der Waals surface area contributed by atoms with E-state index in [1.165, 1.54) is 12.8 Å². The molecule has 4 fully saturated rings. The summed E-state index contributed by atoms with van der Waals surface area (Å²) < 4.78 is 0. The molecule has 1 N–H and O–H groups in total. The van der Waals surface area contributed by atoms with E-state index < -0.39 is 5.60 Å². The second-order valence-electron chi connectivity index (χ2n) is 7.34. The summed E-state index contributed by atoms with van der Waals surface area (Å²) in [6.07, 6.45) is 8.31. The lowest BCUT2D eigenvalue weighted by molar-refractivity contribution is 0.130. The van der Waals surface area contributed by atoms with E-state index in [0.29, 0.717) is 10.8 Å². The lowest BCUT2D eigenvalue weighted by Gasteiger charge is -2.33. The third-order valence-corrected chi connectivity index (χ3v) is 6.19. The van der Waals surface area contributed by atoms with Gasteiger partial charge in [0, 0.05) is 0 Å². The standard InChI is InChI=1S/C15H24O/c1-13(2,16)6-5-7-14(3)10-8-11-12(9-10)15(11,14)4/h5-6,10-12,16H,7-9H2,1-4H3. The topological polar surface area (TPSA) is 20.2 Å². The van der Waals surface area contributed by atoms with Crippen molar-refractivity contribution in [1.29, 1.82) is 0 Å². The highest BCUT2D eigenvalue weighted by Gasteiger charge is 2.80. The van der Waals surface area contributed by atoms with Gasteiger partial charge < -0.3 is 5.11 Å². The fourth-order valence-electron chi connectivity index (χ4n) is 5.01. The minimum absolute atomic E-state index is 0.518. The number of hydrogen-bond acceptors (Lipinski definition) is 1. The van der Waals surface area contributed by atoms with Crippen molar-refractivity contribution in [1.82, 2.24) is 0 Å². The monoisotopic (exact) mass is 220 g/mol. The van der Waals surface area contributed by atoms with Crippen LogP contribution in [-0.4, -0.2) is 10.7 Å². The molecule has 3 unspecified atom stereocenters. The van der Waals surface area contributed by atoms with Gasteiger partial charge in [-0.15, -0.1) is 0 Å². The molecule has 4 aliphatic rings. The van der Waals surface area contributed by atoms with Gasteiger partial charge in [0.05, 0.1) is 5.60 Å². The van der Waals surface area contributed by atoms with Gasteiger partial charge in [0.25, 0.3) is 0 Å². The molecule has 4 saturated carbocycles. The second kappa shape index (κ2) is 2.75. The van der Waals surface area contributed by atoms with Crippen LogP contribution >= 0.6 is 0 Å². The first kappa shape index (κ1) is 10.8. The molecule has 90 valence electrons. The molecule has 3 atom stereocenters. The Morgan fingerprint density at radius 3 is 2.19 bits per heavy atom. The van der Waals surface area contributed by atoms with E-state index in [2.05, 4.69) is 19.9 Å². The quantitative estimate of drug-likeness (QED) is 0.723. The Bertz CT molecular complexity index is 337. The molecule has 0 spiro atoms. The SMILES string of the molecule is CC(C)(O)C=CCC1(C)C2CC3C(C2)C31C. The Labute approximate surface area is 98.9 Å². The van der Waals surface area contributed by atoms with Crippen LogP contribution in [0.2, 0.25) is 0 Å². The smallest absolute Gasteiger partial charge is 0.0771 e. The fraction of sp³-hybridized carbons (Fsp3) is 0.867. The molecule has 0 aliphatic heterocycles. The summed E-state index contributed by atoms with van der Waals surface area (Å²) in [6.45, 7) is 8.69. The molecule has 1 nitrogen and oxygen atoms in total. The van der Waals surface area contributed by atoms with Crippen LogP contribution in [0.3, 0.4) is 0 Å². The zero-order valence-corrected chi connectivity index (χ0v) is 11.0. The van der Waals surface area contributed by atoms with Crippen LogP contribution < -0.4 is 0 Å². The first-order valence-electron chi connectivity index (χ1n) is 6.69. The van der Waals surface area contributed by atoms with E-state index in [-0.39, 0.29) is 0 Å². The number of allylic oxidation sites excluding steroid dienone is 1. The third kappa shape index (κ3) is 1.11. The van der Waals surface area contributed by atoms with Gasteiger partial charge in [-0.3, -0.25) is 0 Å². The van der Waals surface area contributed by atoms with Crippen molar-refractivity contribution >= 4 is 0 Å². The summed E-state index contributed by atoms with van der Waals surface area (Å²) in [5, 5.41) is 9.71. The molecule has 0 saturated heterocycles. The molecule has 0 amide bonds. The summed E-state index contributed by atoms with van der Waals surface area (Å²) in [4.78, 5) is 0. The van der Waals surface area contributed by atoms with Crippen LogP contribution in [0.25, 0.3) is 0 Å². The van der Waals surface area contributed by atoms with Gasteiger partial charge in [0.2, 0.25) is 0 Å². The van der Waals surface area contributed by atoms with Crippen molar-refractivity contribution in [3.8, 4) is 0 Å². The molecule has 0 radical (unpaired) electrons. The molecule has 1 heteroatoms. The van der Waals surface area contributed by atoms with Gasteiger partial charge in [0.1, 0.15) is 0 Å². The summed E-state index contributed by atoms with van der Waals surface area (Å²) in [6, 6.07) is 0. The van der Waals surface area contributed by atoms with Crippen LogP contribution in [0.15, 0.2) is 12.2 Å². The summed E-state index contributed by atoms with van der Waals surface area (Å²) in [5.41, 5.74) is 0.507. The molecule has 4 aliphatic carbocycles. The highest BCUT2D eigenvalue weighted by Crippen LogP contribution is 2.86. The molecule has 0 aromatic carbocycles. The number of hydrogen-bond donors (Lipinski definition) is 1. The summed E-state index contributed by atoms with van der Waals surface area (Å²) in [5.74, 6) is 3.04. The van der Waals surface area contributed by atoms with E-state index >= 15 is 0 Å². The van der Waals surface area contributed by atoms with E-state index in [9.17, 15) is 5.11 Å². The van der Waals surface area contributed by atoms with E-state index in [1.807, 2.05) is 19.9 Å². The van der Waals surface area contributed by atoms with Gasteiger partial charge in [0.15, 0.2) is 0 Å². The zero-order valence-electron chi connectivity index (χ0n) is 11.0. The summed E-state index contributed by atoms with van der Waals surface area (Å²) in [7, 11) is 0. The maximum atomic E-state index is 9.71. The van der Waals surface area contributed by atoms with Crippen molar-refractivity contribution < 1.29 is 5.11 Å². The lowest BCUT2D eigenvalue weighted by Crippen LogP contribution is -2.26. The maximum Gasteiger partial charge on any atom is 0.0771 e. The fourth-order valence-corrected chi connectivity index (χ4v) is 5.01. The molecule has 4 bridgehead atoms. The average molecular weight is 220 g/mol. The molecule has 4 rings (SSSR count). The van der Waals surface area contributed by atoms with Gasteiger partial charge in [-0.2, -0.15) is 0 Å². The predicted molar refractivity (Wildman–Crippen MR) is 66.0 cm³/mol. The number of rotatable bonds is 3. The molecule has 0 aromatic heterocycles. The minimum Gasteiger partial charge on any atom is -0.386 e. The first-order valence-corrected chi connectivity index (χ1v) is 6.69. The van der Waals surface area contributed by atoms with Gasteiger partial charge >= 0.3 is 0 Å². The van der Waals surface area contributed by atoms with Gasteiger partial charge in [-0.1, -0.05) is 26.0 Å². The highest BCUT2D eigenvalue weighted by molar-refractivity contribution is 5.29. The highest BCUT2D eigenvalue weighted by atomic mass is 16.3. The Balaban J connectivity index is 1.75. The Kier molecular flexibility index (Phi) is 1.86. The van der Waals surface area contributed by atoms with Crippen molar-refractivity contribution in [2.75, 3.05) is 0 Å². The molecule has 0 heterocycles. The van der Waals surface area contributed by atoms with Gasteiger partial charge in [-0.05, 0) is 61.7 Å². The van der Waals surface area contributed by atoms with Crippen molar-refractivity contribution in [2.45, 2.75) is 52.6 Å². The Hall–Kier alpha value is -0.300. The Morgan fingerprint density at radius 1 is 1.25 bits per heavy atom. The molecule has 0 aromatic rings. The van der Waals surface area contributed by atoms with Crippen molar-refractivity contribution in [3.05, 3.63) is 12.2 Å². The molecule has 16 heavy (non-hydrogen) atoms. The largest absolute Gasteiger partial charge is 0.386 e. The summed E-state index contributed by atoms with van der Waals surface area (Å²) >= 11 is 0. The first-order chi connectivity index (χ1) is 7.29.